The van der Waals surface area contributed by atoms with Crippen LogP contribution in [-0.4, -0.2) is 6.54 Å². The standard InChI is InChI=1S/C14H23N/c1-4-5-6-7-11-15-14-12(2)9-8-10-13(14)3/h8-10,15H,4-7,11H2,1-3H3. The summed E-state index contributed by atoms with van der Waals surface area (Å²) in [5, 5.41) is 3.54. The lowest BCUT2D eigenvalue weighted by Crippen LogP contribution is -2.04. The second-order valence-electron chi connectivity index (χ2n) is 4.25. The Morgan fingerprint density at radius 3 is 2.27 bits per heavy atom. The molecular weight excluding hydrogens is 182 g/mol. The van der Waals surface area contributed by atoms with E-state index in [1.165, 1.54) is 42.5 Å². The monoisotopic (exact) mass is 205 g/mol. The molecule has 0 spiro atoms. The van der Waals surface area contributed by atoms with Crippen molar-refractivity contribution in [2.24, 2.45) is 0 Å². The molecule has 0 aliphatic carbocycles. The Morgan fingerprint density at radius 1 is 1.00 bits per heavy atom. The van der Waals surface area contributed by atoms with Crippen molar-refractivity contribution < 1.29 is 0 Å². The van der Waals surface area contributed by atoms with Gasteiger partial charge in [-0.2, -0.15) is 0 Å². The minimum absolute atomic E-state index is 1.10. The summed E-state index contributed by atoms with van der Waals surface area (Å²) in [5.41, 5.74) is 4.03. The lowest BCUT2D eigenvalue weighted by molar-refractivity contribution is 0.685. The van der Waals surface area contributed by atoms with Crippen LogP contribution >= 0.6 is 0 Å². The zero-order chi connectivity index (χ0) is 11.1. The topological polar surface area (TPSA) is 12.0 Å². The van der Waals surface area contributed by atoms with Crippen molar-refractivity contribution in [1.82, 2.24) is 0 Å². The summed E-state index contributed by atoms with van der Waals surface area (Å²) in [6.07, 6.45) is 5.29. The maximum absolute atomic E-state index is 3.54. The van der Waals surface area contributed by atoms with Crippen molar-refractivity contribution in [1.29, 1.82) is 0 Å². The lowest BCUT2D eigenvalue weighted by Gasteiger charge is -2.12. The maximum Gasteiger partial charge on any atom is 0.0399 e. The number of unbranched alkanes of at least 4 members (excludes halogenated alkanes) is 3. The third-order valence-electron chi connectivity index (χ3n) is 2.81. The van der Waals surface area contributed by atoms with Gasteiger partial charge in [0.05, 0.1) is 0 Å². The molecule has 0 heterocycles. The summed E-state index contributed by atoms with van der Waals surface area (Å²) < 4.78 is 0. The van der Waals surface area contributed by atoms with Crippen molar-refractivity contribution in [2.45, 2.75) is 46.5 Å². The molecule has 0 atom stereocenters. The smallest absolute Gasteiger partial charge is 0.0399 e. The van der Waals surface area contributed by atoms with Gasteiger partial charge in [-0.15, -0.1) is 0 Å². The molecule has 0 aliphatic heterocycles. The first-order chi connectivity index (χ1) is 7.25. The molecular formula is C14H23N. The molecule has 84 valence electrons. The summed E-state index contributed by atoms with van der Waals surface area (Å²) >= 11 is 0. The van der Waals surface area contributed by atoms with E-state index in [0.29, 0.717) is 0 Å². The zero-order valence-electron chi connectivity index (χ0n) is 10.3. The van der Waals surface area contributed by atoms with Gasteiger partial charge in [0.15, 0.2) is 0 Å². The van der Waals surface area contributed by atoms with Gasteiger partial charge in [0.2, 0.25) is 0 Å². The van der Waals surface area contributed by atoms with E-state index in [9.17, 15) is 0 Å². The lowest BCUT2D eigenvalue weighted by atomic mass is 10.1. The number of rotatable bonds is 6. The summed E-state index contributed by atoms with van der Waals surface area (Å²) in [4.78, 5) is 0. The summed E-state index contributed by atoms with van der Waals surface area (Å²) in [5.74, 6) is 0. The van der Waals surface area contributed by atoms with E-state index in [1.54, 1.807) is 0 Å². The molecule has 15 heavy (non-hydrogen) atoms. The van der Waals surface area contributed by atoms with Gasteiger partial charge >= 0.3 is 0 Å². The molecule has 1 aromatic rings. The van der Waals surface area contributed by atoms with Crippen molar-refractivity contribution in [3.8, 4) is 0 Å². The maximum atomic E-state index is 3.54. The summed E-state index contributed by atoms with van der Waals surface area (Å²) in [7, 11) is 0. The van der Waals surface area contributed by atoms with E-state index < -0.39 is 0 Å². The first-order valence-electron chi connectivity index (χ1n) is 6.05. The molecule has 1 N–H and O–H groups in total. The predicted molar refractivity (Wildman–Crippen MR) is 68.5 cm³/mol. The molecule has 1 heteroatoms. The number of para-hydroxylation sites is 1. The molecule has 0 aliphatic rings. The van der Waals surface area contributed by atoms with E-state index in [0.717, 1.165) is 6.54 Å². The van der Waals surface area contributed by atoms with Crippen LogP contribution in [0.2, 0.25) is 0 Å². The fourth-order valence-corrected chi connectivity index (χ4v) is 1.86. The van der Waals surface area contributed by atoms with Crippen LogP contribution in [-0.2, 0) is 0 Å². The van der Waals surface area contributed by atoms with E-state index in [-0.39, 0.29) is 0 Å². The SMILES string of the molecule is CCCCCCNc1c(C)cccc1C. The highest BCUT2D eigenvalue weighted by molar-refractivity contribution is 5.56. The molecule has 0 fully saturated rings. The normalized spacial score (nSPS) is 10.3. The second kappa shape index (κ2) is 6.49. The average Bonchev–Trinajstić information content (AvgIpc) is 2.21. The van der Waals surface area contributed by atoms with Gasteiger partial charge < -0.3 is 5.32 Å². The predicted octanol–water partition coefficient (Wildman–Crippen LogP) is 4.30. The Balaban J connectivity index is 2.37. The molecule has 0 unspecified atom stereocenters. The van der Waals surface area contributed by atoms with Gasteiger partial charge in [0.25, 0.3) is 0 Å². The zero-order valence-corrected chi connectivity index (χ0v) is 10.3. The van der Waals surface area contributed by atoms with Crippen molar-refractivity contribution in [2.75, 3.05) is 11.9 Å². The minimum atomic E-state index is 1.10. The second-order valence-corrected chi connectivity index (χ2v) is 4.25. The van der Waals surface area contributed by atoms with E-state index in [2.05, 4.69) is 44.3 Å². The summed E-state index contributed by atoms with van der Waals surface area (Å²) in [6.45, 7) is 7.69. The van der Waals surface area contributed by atoms with Crippen LogP contribution in [0.1, 0.15) is 43.7 Å². The van der Waals surface area contributed by atoms with Crippen LogP contribution in [0.5, 0.6) is 0 Å². The first-order valence-corrected chi connectivity index (χ1v) is 6.05. The number of hydrogen-bond donors (Lipinski definition) is 1. The van der Waals surface area contributed by atoms with Crippen LogP contribution in [0, 0.1) is 13.8 Å². The van der Waals surface area contributed by atoms with Gasteiger partial charge in [-0.1, -0.05) is 44.4 Å². The number of nitrogens with one attached hydrogen (secondary N) is 1. The molecule has 0 radical (unpaired) electrons. The van der Waals surface area contributed by atoms with Crippen LogP contribution in [0.25, 0.3) is 0 Å². The molecule has 0 saturated heterocycles. The van der Waals surface area contributed by atoms with E-state index >= 15 is 0 Å². The van der Waals surface area contributed by atoms with Gasteiger partial charge in [-0.3, -0.25) is 0 Å². The summed E-state index contributed by atoms with van der Waals surface area (Å²) in [6, 6.07) is 6.45. The highest BCUT2D eigenvalue weighted by Crippen LogP contribution is 2.19. The Kier molecular flexibility index (Phi) is 5.23. The molecule has 1 rings (SSSR count). The first kappa shape index (κ1) is 12.1. The Labute approximate surface area is 93.9 Å². The van der Waals surface area contributed by atoms with Gasteiger partial charge in [0, 0.05) is 12.2 Å². The quantitative estimate of drug-likeness (QED) is 0.683. The molecule has 0 amide bonds. The van der Waals surface area contributed by atoms with Crippen molar-refractivity contribution in [3.05, 3.63) is 29.3 Å². The highest BCUT2D eigenvalue weighted by Gasteiger charge is 1.99. The molecule has 0 aromatic heterocycles. The number of hydrogen-bond acceptors (Lipinski definition) is 1. The third-order valence-corrected chi connectivity index (χ3v) is 2.81. The molecule has 0 saturated carbocycles. The fraction of sp³-hybridized carbons (Fsp3) is 0.571. The Bertz CT molecular complexity index is 271. The number of anilines is 1. The fourth-order valence-electron chi connectivity index (χ4n) is 1.86. The van der Waals surface area contributed by atoms with Gasteiger partial charge in [0.1, 0.15) is 0 Å². The van der Waals surface area contributed by atoms with Crippen LogP contribution in [0.4, 0.5) is 5.69 Å². The molecule has 0 bridgehead atoms. The average molecular weight is 205 g/mol. The van der Waals surface area contributed by atoms with Crippen LogP contribution in [0.15, 0.2) is 18.2 Å². The Hall–Kier alpha value is -0.980. The molecule has 1 aromatic carbocycles. The largest absolute Gasteiger partial charge is 0.385 e. The Morgan fingerprint density at radius 2 is 1.67 bits per heavy atom. The van der Waals surface area contributed by atoms with E-state index in [4.69, 9.17) is 0 Å². The number of benzene rings is 1. The highest BCUT2D eigenvalue weighted by atomic mass is 14.9. The van der Waals surface area contributed by atoms with Crippen molar-refractivity contribution in [3.63, 3.8) is 0 Å². The third kappa shape index (κ3) is 3.94. The number of aryl methyl sites for hydroxylation is 2. The van der Waals surface area contributed by atoms with Gasteiger partial charge in [-0.25, -0.2) is 0 Å². The van der Waals surface area contributed by atoms with Gasteiger partial charge in [-0.05, 0) is 31.4 Å². The van der Waals surface area contributed by atoms with Crippen LogP contribution < -0.4 is 5.32 Å². The van der Waals surface area contributed by atoms with Crippen LogP contribution in [0.3, 0.4) is 0 Å². The minimum Gasteiger partial charge on any atom is -0.385 e. The van der Waals surface area contributed by atoms with E-state index in [1.807, 2.05) is 0 Å². The van der Waals surface area contributed by atoms with Crippen molar-refractivity contribution >= 4 is 5.69 Å². The molecule has 1 nitrogen and oxygen atoms in total.